The van der Waals surface area contributed by atoms with Crippen LogP contribution in [-0.4, -0.2) is 35.5 Å². The molecule has 0 radical (unpaired) electrons. The molecule has 6 heteroatoms. The van der Waals surface area contributed by atoms with E-state index in [4.69, 9.17) is 22.9 Å². The van der Waals surface area contributed by atoms with E-state index in [2.05, 4.69) is 10.2 Å². The van der Waals surface area contributed by atoms with Crippen molar-refractivity contribution in [1.29, 1.82) is 0 Å². The standard InChI is InChI=1S/C15H16N4OS/c16-14(21)11-9-10-3-1-2-4-12(10)18-15(11)19-7-5-13(20)17-6-8-19/h1-4,9H,5-8H2,(H2,16,21)(H,17,20). The second-order valence-electron chi connectivity index (χ2n) is 5.00. The van der Waals surface area contributed by atoms with Crippen LogP contribution in [0.4, 0.5) is 5.82 Å². The molecule has 0 aliphatic carbocycles. The third kappa shape index (κ3) is 2.80. The average Bonchev–Trinajstić information content (AvgIpc) is 2.70. The quantitative estimate of drug-likeness (QED) is 0.815. The van der Waals surface area contributed by atoms with Gasteiger partial charge in [-0.1, -0.05) is 30.4 Å². The molecule has 2 heterocycles. The lowest BCUT2D eigenvalue weighted by molar-refractivity contribution is -0.120. The minimum atomic E-state index is 0.0650. The number of para-hydroxylation sites is 1. The Balaban J connectivity index is 2.08. The summed E-state index contributed by atoms with van der Waals surface area (Å²) in [7, 11) is 0. The topological polar surface area (TPSA) is 71.2 Å². The number of nitrogens with two attached hydrogens (primary N) is 1. The van der Waals surface area contributed by atoms with E-state index in [9.17, 15) is 4.79 Å². The number of hydrogen-bond acceptors (Lipinski definition) is 4. The fourth-order valence-corrected chi connectivity index (χ4v) is 2.66. The molecule has 0 spiro atoms. The van der Waals surface area contributed by atoms with Gasteiger partial charge in [0.15, 0.2) is 0 Å². The number of pyridine rings is 1. The van der Waals surface area contributed by atoms with E-state index >= 15 is 0 Å². The maximum Gasteiger partial charge on any atom is 0.221 e. The van der Waals surface area contributed by atoms with Gasteiger partial charge < -0.3 is 16.0 Å². The Morgan fingerprint density at radius 1 is 1.33 bits per heavy atom. The van der Waals surface area contributed by atoms with Gasteiger partial charge in [-0.3, -0.25) is 4.79 Å². The highest BCUT2D eigenvalue weighted by molar-refractivity contribution is 7.80. The smallest absolute Gasteiger partial charge is 0.221 e. The Morgan fingerprint density at radius 3 is 2.95 bits per heavy atom. The molecule has 1 aromatic carbocycles. The van der Waals surface area contributed by atoms with Gasteiger partial charge in [-0.15, -0.1) is 0 Å². The molecule has 5 nitrogen and oxygen atoms in total. The van der Waals surface area contributed by atoms with Gasteiger partial charge in [0.1, 0.15) is 10.8 Å². The van der Waals surface area contributed by atoms with Crippen LogP contribution in [0.2, 0.25) is 0 Å². The Labute approximate surface area is 128 Å². The lowest BCUT2D eigenvalue weighted by Gasteiger charge is -2.23. The fraction of sp³-hybridized carbons (Fsp3) is 0.267. The predicted molar refractivity (Wildman–Crippen MR) is 87.5 cm³/mol. The van der Waals surface area contributed by atoms with E-state index in [-0.39, 0.29) is 5.91 Å². The molecule has 1 aromatic heterocycles. The van der Waals surface area contributed by atoms with E-state index in [1.807, 2.05) is 30.3 Å². The predicted octanol–water partition coefficient (Wildman–Crippen LogP) is 1.20. The van der Waals surface area contributed by atoms with E-state index in [1.54, 1.807) is 0 Å². The van der Waals surface area contributed by atoms with Crippen LogP contribution in [0.25, 0.3) is 10.9 Å². The number of hydrogen-bond donors (Lipinski definition) is 2. The normalized spacial score (nSPS) is 15.6. The third-order valence-electron chi connectivity index (χ3n) is 3.58. The van der Waals surface area contributed by atoms with Crippen molar-refractivity contribution in [2.75, 3.05) is 24.5 Å². The Morgan fingerprint density at radius 2 is 2.14 bits per heavy atom. The Hall–Kier alpha value is -2.21. The number of aromatic nitrogens is 1. The molecule has 1 fully saturated rings. The van der Waals surface area contributed by atoms with Gasteiger partial charge in [0, 0.05) is 31.4 Å². The van der Waals surface area contributed by atoms with Crippen LogP contribution in [0.1, 0.15) is 12.0 Å². The highest BCUT2D eigenvalue weighted by atomic mass is 32.1. The number of thiocarbonyl (C=S) groups is 1. The zero-order valence-corrected chi connectivity index (χ0v) is 12.3. The number of nitrogens with zero attached hydrogens (tertiary/aromatic N) is 2. The molecule has 1 aliphatic heterocycles. The van der Waals surface area contributed by atoms with Crippen molar-refractivity contribution in [1.82, 2.24) is 10.3 Å². The number of anilines is 1. The SMILES string of the molecule is NC(=S)c1cc2ccccc2nc1N1CCNC(=O)CC1. The van der Waals surface area contributed by atoms with Crippen molar-refractivity contribution in [2.24, 2.45) is 5.73 Å². The molecule has 21 heavy (non-hydrogen) atoms. The van der Waals surface area contributed by atoms with Crippen LogP contribution < -0.4 is 16.0 Å². The molecule has 0 saturated carbocycles. The zero-order valence-electron chi connectivity index (χ0n) is 11.5. The molecule has 0 atom stereocenters. The molecule has 3 rings (SSSR count). The first-order valence-electron chi connectivity index (χ1n) is 6.86. The van der Waals surface area contributed by atoms with Gasteiger partial charge >= 0.3 is 0 Å². The lowest BCUT2D eigenvalue weighted by Crippen LogP contribution is -2.31. The van der Waals surface area contributed by atoms with Crippen LogP contribution in [0, 0.1) is 0 Å². The largest absolute Gasteiger partial charge is 0.389 e. The maximum atomic E-state index is 11.5. The maximum absolute atomic E-state index is 11.5. The highest BCUT2D eigenvalue weighted by Crippen LogP contribution is 2.24. The third-order valence-corrected chi connectivity index (χ3v) is 3.80. The summed E-state index contributed by atoms with van der Waals surface area (Å²) in [5, 5.41) is 3.87. The molecule has 1 aliphatic rings. The van der Waals surface area contributed by atoms with E-state index in [1.165, 1.54) is 0 Å². The highest BCUT2D eigenvalue weighted by Gasteiger charge is 2.19. The summed E-state index contributed by atoms with van der Waals surface area (Å²) in [4.78, 5) is 18.6. The summed E-state index contributed by atoms with van der Waals surface area (Å²) in [5.41, 5.74) is 7.52. The number of rotatable bonds is 2. The summed E-state index contributed by atoms with van der Waals surface area (Å²) < 4.78 is 0. The second kappa shape index (κ2) is 5.65. The van der Waals surface area contributed by atoms with Crippen LogP contribution in [0.3, 0.4) is 0 Å². The minimum Gasteiger partial charge on any atom is -0.389 e. The minimum absolute atomic E-state index is 0.0650. The van der Waals surface area contributed by atoms with Crippen molar-refractivity contribution < 1.29 is 4.79 Å². The van der Waals surface area contributed by atoms with Crippen molar-refractivity contribution in [3.05, 3.63) is 35.9 Å². The monoisotopic (exact) mass is 300 g/mol. The van der Waals surface area contributed by atoms with Gasteiger partial charge in [0.05, 0.1) is 11.1 Å². The van der Waals surface area contributed by atoms with Crippen molar-refractivity contribution in [3.8, 4) is 0 Å². The summed E-state index contributed by atoms with van der Waals surface area (Å²) in [6.07, 6.45) is 0.450. The number of amides is 1. The van der Waals surface area contributed by atoms with E-state index in [0.29, 0.717) is 31.0 Å². The van der Waals surface area contributed by atoms with E-state index in [0.717, 1.165) is 22.3 Å². The van der Waals surface area contributed by atoms with Gasteiger partial charge in [0.2, 0.25) is 5.91 Å². The molecule has 1 saturated heterocycles. The molecule has 0 unspecified atom stereocenters. The van der Waals surface area contributed by atoms with Crippen LogP contribution in [-0.2, 0) is 4.79 Å². The van der Waals surface area contributed by atoms with Gasteiger partial charge in [0.25, 0.3) is 0 Å². The first-order valence-corrected chi connectivity index (χ1v) is 7.27. The summed E-state index contributed by atoms with van der Waals surface area (Å²) in [5.74, 6) is 0.827. The van der Waals surface area contributed by atoms with Crippen LogP contribution in [0.5, 0.6) is 0 Å². The second-order valence-corrected chi connectivity index (χ2v) is 5.44. The van der Waals surface area contributed by atoms with Crippen LogP contribution >= 0.6 is 12.2 Å². The summed E-state index contributed by atoms with van der Waals surface area (Å²) >= 11 is 5.17. The number of nitrogens with one attached hydrogen (secondary N) is 1. The molecule has 108 valence electrons. The van der Waals surface area contributed by atoms with Gasteiger partial charge in [-0.05, 0) is 12.1 Å². The van der Waals surface area contributed by atoms with Crippen molar-refractivity contribution >= 4 is 39.8 Å². The van der Waals surface area contributed by atoms with Crippen molar-refractivity contribution in [2.45, 2.75) is 6.42 Å². The zero-order chi connectivity index (χ0) is 14.8. The number of fused-ring (bicyclic) bond motifs is 1. The van der Waals surface area contributed by atoms with Gasteiger partial charge in [-0.2, -0.15) is 0 Å². The number of benzene rings is 1. The first-order chi connectivity index (χ1) is 10.1. The molecule has 1 amide bonds. The van der Waals surface area contributed by atoms with Gasteiger partial charge in [-0.25, -0.2) is 4.98 Å². The van der Waals surface area contributed by atoms with E-state index < -0.39 is 0 Å². The Kier molecular flexibility index (Phi) is 3.70. The molecule has 3 N–H and O–H groups in total. The Bertz CT molecular complexity index is 716. The summed E-state index contributed by atoms with van der Waals surface area (Å²) in [6, 6.07) is 9.83. The average molecular weight is 300 g/mol. The van der Waals surface area contributed by atoms with Crippen LogP contribution in [0.15, 0.2) is 30.3 Å². The van der Waals surface area contributed by atoms with Crippen molar-refractivity contribution in [3.63, 3.8) is 0 Å². The molecular weight excluding hydrogens is 284 g/mol. The fourth-order valence-electron chi connectivity index (χ4n) is 2.51. The summed E-state index contributed by atoms with van der Waals surface area (Å²) in [6.45, 7) is 1.92. The molecular formula is C15H16N4OS. The number of carbonyl (C=O) groups excluding carboxylic acids is 1. The first kappa shape index (κ1) is 13.8. The molecule has 2 aromatic rings. The lowest BCUT2D eigenvalue weighted by atomic mass is 10.1. The molecule has 0 bridgehead atoms. The number of carbonyl (C=O) groups is 1.